The Morgan fingerprint density at radius 1 is 1.26 bits per heavy atom. The van der Waals surface area contributed by atoms with Crippen LogP contribution in [0.3, 0.4) is 0 Å². The summed E-state index contributed by atoms with van der Waals surface area (Å²) in [6.07, 6.45) is 0.227. The lowest BCUT2D eigenvalue weighted by Crippen LogP contribution is -2.30. The van der Waals surface area contributed by atoms with Crippen LogP contribution in [0.4, 0.5) is 5.69 Å². The Balaban J connectivity index is 2.00. The van der Waals surface area contributed by atoms with Gasteiger partial charge in [-0.25, -0.2) is 0 Å². The Kier molecular flexibility index (Phi) is 2.87. The van der Waals surface area contributed by atoms with Gasteiger partial charge in [-0.05, 0) is 29.3 Å². The summed E-state index contributed by atoms with van der Waals surface area (Å²) in [5.74, 6) is -0.0974. The second kappa shape index (κ2) is 4.55. The molecule has 0 spiro atoms. The Morgan fingerprint density at radius 3 is 2.58 bits per heavy atom. The van der Waals surface area contributed by atoms with Crippen LogP contribution < -0.4 is 5.73 Å². The molecule has 2 aromatic carbocycles. The minimum atomic E-state index is -0.411. The number of hydrogen-bond donors (Lipinski definition) is 2. The molecule has 1 saturated heterocycles. The van der Waals surface area contributed by atoms with Crippen LogP contribution in [0.5, 0.6) is 0 Å². The van der Waals surface area contributed by atoms with Gasteiger partial charge in [-0.15, -0.1) is 0 Å². The zero-order chi connectivity index (χ0) is 13.4. The van der Waals surface area contributed by atoms with Crippen LogP contribution >= 0.6 is 0 Å². The number of fused-ring (bicyclic) bond motifs is 1. The lowest BCUT2D eigenvalue weighted by atomic mass is 10.0. The number of aliphatic hydroxyl groups excluding tert-OH is 1. The van der Waals surface area contributed by atoms with Crippen molar-refractivity contribution in [1.29, 1.82) is 0 Å². The molecule has 2 aromatic rings. The molecule has 19 heavy (non-hydrogen) atoms. The van der Waals surface area contributed by atoms with Crippen molar-refractivity contribution in [1.82, 2.24) is 4.90 Å². The van der Waals surface area contributed by atoms with E-state index >= 15 is 0 Å². The van der Waals surface area contributed by atoms with Gasteiger partial charge in [0.15, 0.2) is 0 Å². The molecule has 1 amide bonds. The second-order valence-corrected chi connectivity index (χ2v) is 4.98. The molecule has 0 unspecified atom stereocenters. The number of aliphatic hydroxyl groups is 1. The number of carbonyl (C=O) groups excluding carboxylic acids is 1. The average molecular weight is 256 g/mol. The van der Waals surface area contributed by atoms with Crippen molar-refractivity contribution in [2.45, 2.75) is 12.5 Å². The molecule has 4 nitrogen and oxygen atoms in total. The summed E-state index contributed by atoms with van der Waals surface area (Å²) in [5, 5.41) is 11.5. The largest absolute Gasteiger partial charge is 0.398 e. The number of nitrogens with zero attached hydrogens (tertiary/aromatic N) is 1. The number of carbonyl (C=O) groups is 1. The number of nitrogens with two attached hydrogens (primary N) is 1. The predicted octanol–water partition coefficient (Wildman–Crippen LogP) is 1.63. The number of hydrogen-bond acceptors (Lipinski definition) is 3. The molecule has 0 radical (unpaired) electrons. The van der Waals surface area contributed by atoms with Crippen molar-refractivity contribution < 1.29 is 9.90 Å². The molecule has 4 heteroatoms. The van der Waals surface area contributed by atoms with E-state index in [1.807, 2.05) is 36.4 Å². The van der Waals surface area contributed by atoms with E-state index in [1.165, 1.54) is 0 Å². The van der Waals surface area contributed by atoms with Crippen LogP contribution in [-0.4, -0.2) is 35.1 Å². The van der Waals surface area contributed by atoms with Gasteiger partial charge in [0.2, 0.25) is 0 Å². The summed E-state index contributed by atoms with van der Waals surface area (Å²) in [5.41, 5.74) is 6.99. The quantitative estimate of drug-likeness (QED) is 0.762. The van der Waals surface area contributed by atoms with Gasteiger partial charge in [0.1, 0.15) is 0 Å². The van der Waals surface area contributed by atoms with Gasteiger partial charge in [0.25, 0.3) is 5.91 Å². The van der Waals surface area contributed by atoms with E-state index in [0.717, 1.165) is 10.8 Å². The molecule has 0 bridgehead atoms. The van der Waals surface area contributed by atoms with E-state index in [2.05, 4.69) is 0 Å². The van der Waals surface area contributed by atoms with E-state index in [1.54, 1.807) is 4.90 Å². The first-order chi connectivity index (χ1) is 9.15. The third-order valence-electron chi connectivity index (χ3n) is 3.60. The highest BCUT2D eigenvalue weighted by Gasteiger charge is 2.26. The molecule has 98 valence electrons. The van der Waals surface area contributed by atoms with Gasteiger partial charge < -0.3 is 15.7 Å². The number of rotatable bonds is 1. The molecule has 1 heterocycles. The van der Waals surface area contributed by atoms with Crippen molar-refractivity contribution in [3.8, 4) is 0 Å². The summed E-state index contributed by atoms with van der Waals surface area (Å²) in [6.45, 7) is 0.983. The molecule has 0 aliphatic carbocycles. The Bertz CT molecular complexity index is 639. The van der Waals surface area contributed by atoms with Gasteiger partial charge >= 0.3 is 0 Å². The first-order valence-electron chi connectivity index (χ1n) is 6.41. The molecular formula is C15H16N2O2. The SMILES string of the molecule is Nc1cc2ccccc2cc1C(=O)N1CC[C@H](O)C1. The van der Waals surface area contributed by atoms with Gasteiger partial charge in [-0.1, -0.05) is 24.3 Å². The molecule has 0 saturated carbocycles. The van der Waals surface area contributed by atoms with Crippen LogP contribution in [0.25, 0.3) is 10.8 Å². The monoisotopic (exact) mass is 256 g/mol. The lowest BCUT2D eigenvalue weighted by molar-refractivity contribution is 0.0766. The van der Waals surface area contributed by atoms with Gasteiger partial charge in [-0.2, -0.15) is 0 Å². The van der Waals surface area contributed by atoms with Crippen LogP contribution in [0, 0.1) is 0 Å². The number of benzene rings is 2. The molecule has 3 N–H and O–H groups in total. The van der Waals surface area contributed by atoms with E-state index in [0.29, 0.717) is 30.8 Å². The van der Waals surface area contributed by atoms with Crippen molar-refractivity contribution in [3.63, 3.8) is 0 Å². The fourth-order valence-electron chi connectivity index (χ4n) is 2.54. The molecule has 0 aromatic heterocycles. The minimum Gasteiger partial charge on any atom is -0.398 e. The van der Waals surface area contributed by atoms with Gasteiger partial charge in [0, 0.05) is 18.8 Å². The zero-order valence-corrected chi connectivity index (χ0v) is 10.5. The fraction of sp³-hybridized carbons (Fsp3) is 0.267. The van der Waals surface area contributed by atoms with Crippen molar-refractivity contribution in [2.24, 2.45) is 0 Å². The Morgan fingerprint density at radius 2 is 1.95 bits per heavy atom. The lowest BCUT2D eigenvalue weighted by Gasteiger charge is -2.17. The van der Waals surface area contributed by atoms with Crippen LogP contribution in [0.1, 0.15) is 16.8 Å². The standard InChI is InChI=1S/C15H16N2O2/c16-14-8-11-4-2-1-3-10(11)7-13(14)15(19)17-6-5-12(18)9-17/h1-4,7-8,12,18H,5-6,9,16H2/t12-/m0/s1. The molecule has 1 aliphatic rings. The number of likely N-dealkylation sites (tertiary alicyclic amines) is 1. The van der Waals surface area contributed by atoms with Crippen LogP contribution in [0.15, 0.2) is 36.4 Å². The Labute approximate surface area is 111 Å². The van der Waals surface area contributed by atoms with Crippen molar-refractivity contribution in [3.05, 3.63) is 42.0 Å². The highest BCUT2D eigenvalue weighted by Crippen LogP contribution is 2.24. The molecular weight excluding hydrogens is 240 g/mol. The summed E-state index contributed by atoms with van der Waals surface area (Å²) < 4.78 is 0. The summed E-state index contributed by atoms with van der Waals surface area (Å²) >= 11 is 0. The summed E-state index contributed by atoms with van der Waals surface area (Å²) in [4.78, 5) is 14.0. The normalized spacial score (nSPS) is 19.0. The van der Waals surface area contributed by atoms with Crippen molar-refractivity contribution >= 4 is 22.4 Å². The Hall–Kier alpha value is -2.07. The van der Waals surface area contributed by atoms with E-state index < -0.39 is 6.10 Å². The maximum absolute atomic E-state index is 12.4. The zero-order valence-electron chi connectivity index (χ0n) is 10.5. The first-order valence-corrected chi connectivity index (χ1v) is 6.41. The highest BCUT2D eigenvalue weighted by molar-refractivity contribution is 6.04. The first kappa shape index (κ1) is 12.0. The van der Waals surface area contributed by atoms with Gasteiger partial charge in [0.05, 0.1) is 11.7 Å². The number of β-amino-alcohol motifs (C(OH)–C–C–N with tert-alkyl or cyclic N) is 1. The molecule has 1 atom stereocenters. The van der Waals surface area contributed by atoms with Crippen LogP contribution in [0.2, 0.25) is 0 Å². The highest BCUT2D eigenvalue weighted by atomic mass is 16.3. The predicted molar refractivity (Wildman–Crippen MR) is 74.9 cm³/mol. The van der Waals surface area contributed by atoms with E-state index in [9.17, 15) is 9.90 Å². The molecule has 3 rings (SSSR count). The maximum Gasteiger partial charge on any atom is 0.256 e. The summed E-state index contributed by atoms with van der Waals surface area (Å²) in [6, 6.07) is 11.5. The van der Waals surface area contributed by atoms with E-state index in [4.69, 9.17) is 5.73 Å². The third kappa shape index (κ3) is 2.15. The molecule has 1 fully saturated rings. The van der Waals surface area contributed by atoms with Crippen LogP contribution in [-0.2, 0) is 0 Å². The smallest absolute Gasteiger partial charge is 0.256 e. The second-order valence-electron chi connectivity index (χ2n) is 4.98. The average Bonchev–Trinajstić information content (AvgIpc) is 2.84. The number of anilines is 1. The minimum absolute atomic E-state index is 0.0974. The third-order valence-corrected chi connectivity index (χ3v) is 3.60. The fourth-order valence-corrected chi connectivity index (χ4v) is 2.54. The molecule has 1 aliphatic heterocycles. The number of amides is 1. The van der Waals surface area contributed by atoms with E-state index in [-0.39, 0.29) is 5.91 Å². The topological polar surface area (TPSA) is 66.6 Å². The van der Waals surface area contributed by atoms with Crippen molar-refractivity contribution in [2.75, 3.05) is 18.8 Å². The summed E-state index contributed by atoms with van der Waals surface area (Å²) in [7, 11) is 0. The number of nitrogen functional groups attached to an aromatic ring is 1. The van der Waals surface area contributed by atoms with Gasteiger partial charge in [-0.3, -0.25) is 4.79 Å². The maximum atomic E-state index is 12.4.